The maximum atomic E-state index is 12.6. The first-order valence-corrected chi connectivity index (χ1v) is 9.67. The number of nitrogen functional groups attached to an aromatic ring is 2. The van der Waals surface area contributed by atoms with Gasteiger partial charge in [0.15, 0.2) is 28.4 Å². The van der Waals surface area contributed by atoms with Gasteiger partial charge in [0.2, 0.25) is 0 Å². The van der Waals surface area contributed by atoms with Gasteiger partial charge in [-0.15, -0.1) is 0 Å². The predicted octanol–water partition coefficient (Wildman–Crippen LogP) is 0.0534. The fourth-order valence-electron chi connectivity index (χ4n) is 3.52. The standard InChI is InChI=1S/C18H20ClN9O2/c19-12-14(21)25-13(20)11(24-12)15(29)26-17-23-9-18(27-17)3-6-28(7-4-18)16(30)10-2-1-5-22-8-10/h1-2,5,8H,3-4,6-7,9H2,(H4,20,21,25)(H2,23,26,27,29). The van der Waals surface area contributed by atoms with E-state index in [9.17, 15) is 9.59 Å². The third kappa shape index (κ3) is 3.83. The highest BCUT2D eigenvalue weighted by molar-refractivity contribution is 6.31. The van der Waals surface area contributed by atoms with Crippen molar-refractivity contribution in [3.8, 4) is 0 Å². The van der Waals surface area contributed by atoms with Gasteiger partial charge in [0, 0.05) is 32.0 Å². The summed E-state index contributed by atoms with van der Waals surface area (Å²) in [6.07, 6.45) is 4.61. The fraction of sp³-hybridized carbons (Fsp3) is 0.333. The van der Waals surface area contributed by atoms with E-state index >= 15 is 0 Å². The highest BCUT2D eigenvalue weighted by atomic mass is 35.5. The van der Waals surface area contributed by atoms with Gasteiger partial charge in [0.05, 0.1) is 11.1 Å². The number of halogens is 1. The van der Waals surface area contributed by atoms with E-state index in [2.05, 4.69) is 30.6 Å². The summed E-state index contributed by atoms with van der Waals surface area (Å²) >= 11 is 5.82. The highest BCUT2D eigenvalue weighted by Gasteiger charge is 2.40. The minimum Gasteiger partial charge on any atom is -0.382 e. The number of rotatable bonds is 2. The lowest BCUT2D eigenvalue weighted by molar-refractivity contribution is 0.0668. The number of aliphatic imine (C=N–C) groups is 1. The van der Waals surface area contributed by atoms with Crippen LogP contribution in [-0.4, -0.2) is 62.8 Å². The molecule has 0 aromatic carbocycles. The molecule has 0 saturated carbocycles. The minimum absolute atomic E-state index is 0.0396. The Balaban J connectivity index is 1.40. The fourth-order valence-corrected chi connectivity index (χ4v) is 3.65. The molecule has 0 bridgehead atoms. The number of anilines is 2. The van der Waals surface area contributed by atoms with Crippen LogP contribution in [0.3, 0.4) is 0 Å². The average Bonchev–Trinajstić information content (AvgIpc) is 3.13. The number of likely N-dealkylation sites (tertiary alicyclic amines) is 1. The Morgan fingerprint density at radius 2 is 1.97 bits per heavy atom. The molecule has 2 fully saturated rings. The molecule has 2 aromatic rings. The largest absolute Gasteiger partial charge is 0.382 e. The molecule has 6 N–H and O–H groups in total. The predicted molar refractivity (Wildman–Crippen MR) is 111 cm³/mol. The van der Waals surface area contributed by atoms with Crippen LogP contribution >= 0.6 is 11.6 Å². The van der Waals surface area contributed by atoms with Crippen molar-refractivity contribution in [1.29, 1.82) is 0 Å². The number of amides is 2. The second kappa shape index (κ2) is 7.75. The smallest absolute Gasteiger partial charge is 0.302 e. The number of hydrogen-bond acceptors (Lipinski definition) is 7. The van der Waals surface area contributed by atoms with Gasteiger partial charge in [0.25, 0.3) is 5.91 Å². The molecule has 0 radical (unpaired) electrons. The maximum absolute atomic E-state index is 12.6. The Morgan fingerprint density at radius 3 is 2.67 bits per heavy atom. The summed E-state index contributed by atoms with van der Waals surface area (Å²) in [5, 5.41) is 6.26. The van der Waals surface area contributed by atoms with Gasteiger partial charge >= 0.3 is 5.91 Å². The molecule has 0 atom stereocenters. The SMILES string of the molecule is Nc1nc(N)c(C(=O)/N=C2\NCC3(CCN(C(=O)c4cccnc4)CC3)N2)nc1Cl. The molecular weight excluding hydrogens is 410 g/mol. The van der Waals surface area contributed by atoms with Crippen molar-refractivity contribution < 1.29 is 9.59 Å². The molecule has 0 unspecified atom stereocenters. The summed E-state index contributed by atoms with van der Waals surface area (Å²) in [7, 11) is 0. The van der Waals surface area contributed by atoms with E-state index in [-0.39, 0.29) is 33.9 Å². The van der Waals surface area contributed by atoms with Crippen molar-refractivity contribution in [3.05, 3.63) is 40.9 Å². The van der Waals surface area contributed by atoms with Crippen LogP contribution in [0.2, 0.25) is 5.15 Å². The van der Waals surface area contributed by atoms with E-state index in [1.165, 1.54) is 0 Å². The Hall–Kier alpha value is -3.47. The number of hydrogen-bond donors (Lipinski definition) is 4. The molecule has 4 heterocycles. The molecule has 2 amide bonds. The Kier molecular flexibility index (Phi) is 5.12. The van der Waals surface area contributed by atoms with Gasteiger partial charge in [-0.1, -0.05) is 11.6 Å². The summed E-state index contributed by atoms with van der Waals surface area (Å²) in [5.41, 5.74) is 11.4. The number of piperidine rings is 1. The third-order valence-electron chi connectivity index (χ3n) is 5.21. The molecule has 11 nitrogen and oxygen atoms in total. The van der Waals surface area contributed by atoms with E-state index in [1.54, 1.807) is 29.4 Å². The van der Waals surface area contributed by atoms with Gasteiger partial charge in [0.1, 0.15) is 0 Å². The van der Waals surface area contributed by atoms with E-state index in [4.69, 9.17) is 23.1 Å². The van der Waals surface area contributed by atoms with Crippen molar-refractivity contribution >= 4 is 41.0 Å². The first kappa shape index (κ1) is 19.8. The summed E-state index contributed by atoms with van der Waals surface area (Å²) < 4.78 is 0. The van der Waals surface area contributed by atoms with Crippen LogP contribution in [0.15, 0.2) is 29.5 Å². The Labute approximate surface area is 176 Å². The topological polar surface area (TPSA) is 165 Å². The van der Waals surface area contributed by atoms with Gasteiger partial charge in [-0.25, -0.2) is 9.97 Å². The molecule has 2 aliphatic heterocycles. The molecule has 1 spiro atoms. The molecule has 4 rings (SSSR count). The lowest BCUT2D eigenvalue weighted by Gasteiger charge is -2.38. The quantitative estimate of drug-likeness (QED) is 0.516. The lowest BCUT2D eigenvalue weighted by atomic mass is 9.88. The number of nitrogens with one attached hydrogen (secondary N) is 2. The summed E-state index contributed by atoms with van der Waals surface area (Å²) in [6.45, 7) is 1.74. The van der Waals surface area contributed by atoms with E-state index < -0.39 is 5.91 Å². The number of carbonyl (C=O) groups excluding carboxylic acids is 2. The van der Waals surface area contributed by atoms with Crippen LogP contribution in [0.5, 0.6) is 0 Å². The van der Waals surface area contributed by atoms with Crippen LogP contribution < -0.4 is 22.1 Å². The van der Waals surface area contributed by atoms with Crippen molar-refractivity contribution in [2.45, 2.75) is 18.4 Å². The van der Waals surface area contributed by atoms with Crippen LogP contribution in [-0.2, 0) is 0 Å². The average molecular weight is 430 g/mol. The second-order valence-corrected chi connectivity index (χ2v) is 7.55. The zero-order valence-electron chi connectivity index (χ0n) is 15.9. The number of nitrogens with two attached hydrogens (primary N) is 2. The maximum Gasteiger partial charge on any atom is 0.302 e. The van der Waals surface area contributed by atoms with Crippen molar-refractivity contribution in [2.75, 3.05) is 31.1 Å². The van der Waals surface area contributed by atoms with Gasteiger partial charge < -0.3 is 27.0 Å². The van der Waals surface area contributed by atoms with E-state index in [1.807, 2.05) is 0 Å². The third-order valence-corrected chi connectivity index (χ3v) is 5.49. The normalized spacial score (nSPS) is 18.8. The number of guanidine groups is 1. The first-order chi connectivity index (χ1) is 14.4. The zero-order valence-corrected chi connectivity index (χ0v) is 16.7. The molecule has 2 aromatic heterocycles. The molecule has 30 heavy (non-hydrogen) atoms. The first-order valence-electron chi connectivity index (χ1n) is 9.30. The molecule has 156 valence electrons. The molecule has 2 aliphatic rings. The van der Waals surface area contributed by atoms with Gasteiger partial charge in [-0.2, -0.15) is 4.99 Å². The van der Waals surface area contributed by atoms with Gasteiger partial charge in [-0.05, 0) is 25.0 Å². The number of nitrogens with zero attached hydrogens (tertiary/aromatic N) is 5. The van der Waals surface area contributed by atoms with E-state index in [0.717, 1.165) is 0 Å². The molecule has 2 saturated heterocycles. The van der Waals surface area contributed by atoms with Crippen LogP contribution in [0.4, 0.5) is 11.6 Å². The monoisotopic (exact) mass is 429 g/mol. The lowest BCUT2D eigenvalue weighted by Crippen LogP contribution is -2.53. The molecule has 12 heteroatoms. The number of carbonyl (C=O) groups is 2. The number of aromatic nitrogens is 3. The zero-order chi connectivity index (χ0) is 21.3. The van der Waals surface area contributed by atoms with Crippen molar-refractivity contribution in [3.63, 3.8) is 0 Å². The van der Waals surface area contributed by atoms with Crippen molar-refractivity contribution in [1.82, 2.24) is 30.5 Å². The summed E-state index contributed by atoms with van der Waals surface area (Å²) in [4.78, 5) is 42.5. The van der Waals surface area contributed by atoms with Crippen LogP contribution in [0.1, 0.15) is 33.7 Å². The second-order valence-electron chi connectivity index (χ2n) is 7.19. The number of pyridine rings is 1. The summed E-state index contributed by atoms with van der Waals surface area (Å²) in [6, 6.07) is 3.50. The highest BCUT2D eigenvalue weighted by Crippen LogP contribution is 2.25. The van der Waals surface area contributed by atoms with E-state index in [0.29, 0.717) is 44.0 Å². The van der Waals surface area contributed by atoms with Crippen molar-refractivity contribution in [2.24, 2.45) is 4.99 Å². The molecule has 0 aliphatic carbocycles. The Morgan fingerprint density at radius 1 is 1.20 bits per heavy atom. The minimum atomic E-state index is -0.682. The van der Waals surface area contributed by atoms with Gasteiger partial charge in [-0.3, -0.25) is 14.6 Å². The Bertz CT molecular complexity index is 1020. The van der Waals surface area contributed by atoms with Crippen LogP contribution in [0, 0.1) is 0 Å². The molecular formula is C18H20ClN9O2. The van der Waals surface area contributed by atoms with Crippen LogP contribution in [0.25, 0.3) is 0 Å². The summed E-state index contributed by atoms with van der Waals surface area (Å²) in [5.74, 6) is -0.593.